The highest BCUT2D eigenvalue weighted by Crippen LogP contribution is 2.16. The molecule has 0 amide bonds. The van der Waals surface area contributed by atoms with Crippen LogP contribution in [0.3, 0.4) is 0 Å². The first kappa shape index (κ1) is 14.1. The van der Waals surface area contributed by atoms with Crippen molar-refractivity contribution in [2.75, 3.05) is 21.3 Å². The highest BCUT2D eigenvalue weighted by Gasteiger charge is 2.42. The number of esters is 1. The van der Waals surface area contributed by atoms with Crippen molar-refractivity contribution < 1.29 is 29.0 Å². The fourth-order valence-corrected chi connectivity index (χ4v) is 0.989. The van der Waals surface area contributed by atoms with Gasteiger partial charge in [-0.2, -0.15) is 0 Å². The van der Waals surface area contributed by atoms with Gasteiger partial charge in [0, 0.05) is 12.5 Å². The second kappa shape index (κ2) is 5.82. The van der Waals surface area contributed by atoms with Gasteiger partial charge < -0.3 is 4.74 Å². The predicted molar refractivity (Wildman–Crippen MR) is 51.7 cm³/mol. The summed E-state index contributed by atoms with van der Waals surface area (Å²) < 4.78 is 5.01. The van der Waals surface area contributed by atoms with E-state index in [0.717, 1.165) is 0 Å². The molecule has 0 aromatic heterocycles. The van der Waals surface area contributed by atoms with Gasteiger partial charge in [-0.1, -0.05) is 6.58 Å². The van der Waals surface area contributed by atoms with Gasteiger partial charge in [0.05, 0.1) is 0 Å². The number of ether oxygens (including phenoxy) is 1. The molecule has 0 bridgehead atoms. The van der Waals surface area contributed by atoms with Crippen LogP contribution in [0, 0.1) is 0 Å². The van der Waals surface area contributed by atoms with Crippen molar-refractivity contribution in [1.82, 2.24) is 0 Å². The highest BCUT2D eigenvalue weighted by molar-refractivity contribution is 5.86. The van der Waals surface area contributed by atoms with Crippen molar-refractivity contribution in [1.29, 1.82) is 0 Å². The van der Waals surface area contributed by atoms with E-state index in [4.69, 9.17) is 19.2 Å². The second-order valence-corrected chi connectivity index (χ2v) is 2.87. The maximum absolute atomic E-state index is 11.2. The van der Waals surface area contributed by atoms with Gasteiger partial charge in [-0.25, -0.2) is 4.79 Å². The molecule has 1 atom stereocenters. The molecule has 0 saturated carbocycles. The number of nitrogens with zero attached hydrogens (tertiary/aromatic N) is 1. The third-order valence-corrected chi connectivity index (χ3v) is 1.83. The number of rotatable bonds is 6. The third-order valence-electron chi connectivity index (χ3n) is 1.83. The molecular formula is C9H18NO5+. The molecule has 0 fully saturated rings. The van der Waals surface area contributed by atoms with E-state index in [0.29, 0.717) is 5.57 Å². The van der Waals surface area contributed by atoms with E-state index in [1.54, 1.807) is 13.8 Å². The third kappa shape index (κ3) is 3.28. The Labute approximate surface area is 89.4 Å². The zero-order valence-corrected chi connectivity index (χ0v) is 9.77. The summed E-state index contributed by atoms with van der Waals surface area (Å²) in [6.07, 6.45) is -0.769. The molecule has 0 aromatic rings. The molecular weight excluding hydrogens is 202 g/mol. The molecule has 0 spiro atoms. The molecule has 6 heteroatoms. The first-order chi connectivity index (χ1) is 6.93. The number of carbonyl (C=O) groups is 1. The van der Waals surface area contributed by atoms with Crippen LogP contribution in [0.5, 0.6) is 0 Å². The quantitative estimate of drug-likeness (QED) is 0.219. The van der Waals surface area contributed by atoms with Gasteiger partial charge in [-0.15, -0.1) is 14.5 Å². The molecule has 0 radical (unpaired) electrons. The topological polar surface area (TPSA) is 54.0 Å². The monoisotopic (exact) mass is 220 g/mol. The van der Waals surface area contributed by atoms with Crippen molar-refractivity contribution in [3.8, 4) is 0 Å². The molecule has 0 rings (SSSR count). The number of hydroxylamine groups is 3. The zero-order valence-electron chi connectivity index (χ0n) is 9.77. The summed E-state index contributed by atoms with van der Waals surface area (Å²) in [6.45, 7) is 6.60. The van der Waals surface area contributed by atoms with E-state index >= 15 is 0 Å². The maximum Gasteiger partial charge on any atom is 0.337 e. The molecule has 0 heterocycles. The van der Waals surface area contributed by atoms with Gasteiger partial charge in [0.25, 0.3) is 0 Å². The van der Waals surface area contributed by atoms with Crippen molar-refractivity contribution in [2.45, 2.75) is 20.1 Å². The predicted octanol–water partition coefficient (Wildman–Crippen LogP) is 0.953. The van der Waals surface area contributed by atoms with Crippen molar-refractivity contribution >= 4 is 5.97 Å². The number of hydrogen-bond donors (Lipinski definition) is 0. The minimum atomic E-state index is -0.769. The van der Waals surface area contributed by atoms with Gasteiger partial charge in [0.15, 0.2) is 0 Å². The molecule has 0 aromatic carbocycles. The first-order valence-electron chi connectivity index (χ1n) is 4.36. The molecule has 0 N–H and O–H groups in total. The van der Waals surface area contributed by atoms with E-state index in [9.17, 15) is 4.79 Å². The largest absolute Gasteiger partial charge is 0.400 e. The summed E-state index contributed by atoms with van der Waals surface area (Å²) in [5.41, 5.74) is 0.295. The fourth-order valence-electron chi connectivity index (χ4n) is 0.989. The Morgan fingerprint density at radius 3 is 1.87 bits per heavy atom. The summed E-state index contributed by atoms with van der Waals surface area (Å²) in [4.78, 5) is 25.4. The Hall–Kier alpha value is -0.950. The Bertz CT molecular complexity index is 228. The van der Waals surface area contributed by atoms with Crippen molar-refractivity contribution in [2.24, 2.45) is 0 Å². The molecule has 88 valence electrons. The lowest BCUT2D eigenvalue weighted by Gasteiger charge is -2.29. The molecule has 6 nitrogen and oxygen atoms in total. The van der Waals surface area contributed by atoms with Crippen LogP contribution in [-0.2, 0) is 24.0 Å². The summed E-state index contributed by atoms with van der Waals surface area (Å²) in [5.74, 6) is -0.531. The summed E-state index contributed by atoms with van der Waals surface area (Å²) in [6, 6.07) is 0. The maximum atomic E-state index is 11.2. The van der Waals surface area contributed by atoms with Crippen LogP contribution in [-0.4, -0.2) is 38.5 Å². The van der Waals surface area contributed by atoms with Crippen LogP contribution in [0.4, 0.5) is 0 Å². The fraction of sp³-hybridized carbons (Fsp3) is 0.667. The van der Waals surface area contributed by atoms with E-state index < -0.39 is 17.2 Å². The molecule has 15 heavy (non-hydrogen) atoms. The average molecular weight is 220 g/mol. The van der Waals surface area contributed by atoms with Crippen molar-refractivity contribution in [3.05, 3.63) is 12.2 Å². The SMILES string of the molecule is C=C(C)C(=O)OC(C)[N+](OC)(OC)OC. The van der Waals surface area contributed by atoms with E-state index in [-0.39, 0.29) is 0 Å². The van der Waals surface area contributed by atoms with E-state index in [1.165, 1.54) is 21.3 Å². The number of hydrogen-bond acceptors (Lipinski definition) is 5. The van der Waals surface area contributed by atoms with Crippen LogP contribution in [0.2, 0.25) is 0 Å². The van der Waals surface area contributed by atoms with Gasteiger partial charge >= 0.3 is 12.2 Å². The van der Waals surface area contributed by atoms with Crippen LogP contribution in [0.25, 0.3) is 0 Å². The molecule has 0 aliphatic carbocycles. The number of quaternary nitrogens is 1. The minimum Gasteiger partial charge on any atom is -0.400 e. The summed E-state index contributed by atoms with van der Waals surface area (Å²) in [5, 5.41) is 0. The van der Waals surface area contributed by atoms with Gasteiger partial charge in [-0.05, 0) is 6.92 Å². The Balaban J connectivity index is 4.58. The summed E-state index contributed by atoms with van der Waals surface area (Å²) in [7, 11) is 4.12. The zero-order chi connectivity index (χ0) is 12.1. The smallest absolute Gasteiger partial charge is 0.337 e. The summed E-state index contributed by atoms with van der Waals surface area (Å²) >= 11 is 0. The first-order valence-corrected chi connectivity index (χ1v) is 4.36. The minimum absolute atomic E-state index is 0.295. The van der Waals surface area contributed by atoms with E-state index in [1.807, 2.05) is 0 Å². The average Bonchev–Trinajstić information content (AvgIpc) is 2.21. The standard InChI is InChI=1S/C9H18NO5/c1-7(2)9(11)15-8(3)10(12-4,13-5)14-6/h8H,1H2,2-6H3/q+1. The van der Waals surface area contributed by atoms with Gasteiger partial charge in [-0.3, -0.25) is 0 Å². The van der Waals surface area contributed by atoms with Crippen LogP contribution < -0.4 is 0 Å². The Morgan fingerprint density at radius 2 is 1.60 bits per heavy atom. The van der Waals surface area contributed by atoms with Gasteiger partial charge in [0.2, 0.25) is 0 Å². The Kier molecular flexibility index (Phi) is 5.45. The highest BCUT2D eigenvalue weighted by atomic mass is 17.2. The molecule has 1 unspecified atom stereocenters. The molecule has 0 aliphatic rings. The Morgan fingerprint density at radius 1 is 1.20 bits per heavy atom. The van der Waals surface area contributed by atoms with Crippen LogP contribution >= 0.6 is 0 Å². The second-order valence-electron chi connectivity index (χ2n) is 2.87. The van der Waals surface area contributed by atoms with Crippen molar-refractivity contribution in [3.63, 3.8) is 0 Å². The number of carbonyl (C=O) groups excluding carboxylic acids is 1. The lowest BCUT2D eigenvalue weighted by Crippen LogP contribution is -2.53. The lowest BCUT2D eigenvalue weighted by atomic mass is 10.4. The normalized spacial score (nSPS) is 13.4. The molecule has 0 aliphatic heterocycles. The molecule has 0 saturated heterocycles. The van der Waals surface area contributed by atoms with Crippen LogP contribution in [0.1, 0.15) is 13.8 Å². The lowest BCUT2D eigenvalue weighted by molar-refractivity contribution is -1.38. The van der Waals surface area contributed by atoms with Crippen LogP contribution in [0.15, 0.2) is 12.2 Å². The van der Waals surface area contributed by atoms with Gasteiger partial charge in [0.1, 0.15) is 26.3 Å². The van der Waals surface area contributed by atoms with E-state index in [2.05, 4.69) is 6.58 Å².